The van der Waals surface area contributed by atoms with Crippen LogP contribution in [-0.4, -0.2) is 28.1 Å². The van der Waals surface area contributed by atoms with Gasteiger partial charge in [-0.25, -0.2) is 14.6 Å². The van der Waals surface area contributed by atoms with E-state index in [2.05, 4.69) is 15.6 Å². The van der Waals surface area contributed by atoms with Crippen molar-refractivity contribution >= 4 is 23.3 Å². The van der Waals surface area contributed by atoms with E-state index in [1.807, 2.05) is 27.7 Å². The Morgan fingerprint density at radius 2 is 2.00 bits per heavy atom. The Balaban J connectivity index is 2.55. The molecule has 20 heavy (non-hydrogen) atoms. The van der Waals surface area contributed by atoms with Crippen molar-refractivity contribution in [1.82, 2.24) is 15.6 Å². The lowest BCUT2D eigenvalue weighted by Crippen LogP contribution is -2.47. The molecule has 0 fully saturated rings. The third kappa shape index (κ3) is 5.16. The molecule has 0 saturated heterocycles. The smallest absolute Gasteiger partial charge is 0.326 e. The molecule has 3 N–H and O–H groups in total. The summed E-state index contributed by atoms with van der Waals surface area (Å²) in [5, 5.41) is 15.1. The highest BCUT2D eigenvalue weighted by Crippen LogP contribution is 2.18. The molecule has 0 aromatic carbocycles. The van der Waals surface area contributed by atoms with E-state index in [0.29, 0.717) is 6.42 Å². The van der Waals surface area contributed by atoms with Crippen molar-refractivity contribution in [2.45, 2.75) is 46.2 Å². The normalized spacial score (nSPS) is 13.8. The molecule has 2 amide bonds. The number of thiazole rings is 1. The zero-order valence-electron chi connectivity index (χ0n) is 12.1. The Morgan fingerprint density at radius 1 is 1.35 bits per heavy atom. The summed E-state index contributed by atoms with van der Waals surface area (Å²) < 4.78 is 0. The molecule has 6 nitrogen and oxygen atoms in total. The number of carbonyl (C=O) groups is 2. The van der Waals surface area contributed by atoms with Gasteiger partial charge in [-0.15, -0.1) is 11.3 Å². The molecular formula is C13H21N3O3S. The number of urea groups is 1. The van der Waals surface area contributed by atoms with Crippen molar-refractivity contribution in [3.8, 4) is 0 Å². The van der Waals surface area contributed by atoms with Gasteiger partial charge in [0, 0.05) is 11.1 Å². The van der Waals surface area contributed by atoms with E-state index >= 15 is 0 Å². The highest BCUT2D eigenvalue weighted by molar-refractivity contribution is 7.11. The van der Waals surface area contributed by atoms with Crippen LogP contribution in [0.1, 0.15) is 43.1 Å². The Bertz CT molecular complexity index is 473. The minimum Gasteiger partial charge on any atom is -0.480 e. The molecule has 0 spiro atoms. The number of aliphatic carboxylic acids is 1. The SMILES string of the molecule is Cc1cnc(C(C)NC(=O)NC(CC(C)C)C(=O)O)s1. The fraction of sp³-hybridized carbons (Fsp3) is 0.615. The van der Waals surface area contributed by atoms with Crippen LogP contribution in [0.4, 0.5) is 4.79 Å². The van der Waals surface area contributed by atoms with Gasteiger partial charge in [0.05, 0.1) is 6.04 Å². The second kappa shape index (κ2) is 7.23. The maximum absolute atomic E-state index is 11.8. The number of amides is 2. The number of carboxylic acids is 1. The van der Waals surface area contributed by atoms with Crippen LogP contribution in [0.25, 0.3) is 0 Å². The van der Waals surface area contributed by atoms with Gasteiger partial charge in [-0.1, -0.05) is 13.8 Å². The molecule has 1 heterocycles. The number of aromatic nitrogens is 1. The zero-order valence-corrected chi connectivity index (χ0v) is 13.0. The summed E-state index contributed by atoms with van der Waals surface area (Å²) >= 11 is 1.50. The monoisotopic (exact) mass is 299 g/mol. The lowest BCUT2D eigenvalue weighted by molar-refractivity contribution is -0.139. The van der Waals surface area contributed by atoms with E-state index in [1.54, 1.807) is 6.20 Å². The lowest BCUT2D eigenvalue weighted by Gasteiger charge is -2.18. The maximum Gasteiger partial charge on any atom is 0.326 e. The van der Waals surface area contributed by atoms with Crippen LogP contribution in [0.15, 0.2) is 6.20 Å². The first kappa shape index (κ1) is 16.4. The molecule has 0 aliphatic carbocycles. The first-order valence-electron chi connectivity index (χ1n) is 6.51. The first-order chi connectivity index (χ1) is 9.29. The van der Waals surface area contributed by atoms with Gasteiger partial charge in [0.15, 0.2) is 0 Å². The third-order valence-corrected chi connectivity index (χ3v) is 3.76. The average molecular weight is 299 g/mol. The summed E-state index contributed by atoms with van der Waals surface area (Å²) in [7, 11) is 0. The Morgan fingerprint density at radius 3 is 2.45 bits per heavy atom. The largest absolute Gasteiger partial charge is 0.480 e. The molecule has 2 unspecified atom stereocenters. The number of nitrogens with one attached hydrogen (secondary N) is 2. The van der Waals surface area contributed by atoms with Gasteiger partial charge < -0.3 is 15.7 Å². The van der Waals surface area contributed by atoms with Gasteiger partial charge in [-0.05, 0) is 26.2 Å². The minimum absolute atomic E-state index is 0.190. The van der Waals surface area contributed by atoms with Crippen LogP contribution in [0.2, 0.25) is 0 Å². The predicted molar refractivity (Wildman–Crippen MR) is 77.8 cm³/mol. The highest BCUT2D eigenvalue weighted by Gasteiger charge is 2.22. The predicted octanol–water partition coefficient (Wildman–Crippen LogP) is 2.31. The molecule has 0 saturated carbocycles. The fourth-order valence-corrected chi connectivity index (χ4v) is 2.50. The standard InChI is InChI=1S/C13H21N3O3S/c1-7(2)5-10(12(17)18)16-13(19)15-9(4)11-14-6-8(3)20-11/h6-7,9-10H,5H2,1-4H3,(H,17,18)(H2,15,16,19). The fourth-order valence-electron chi connectivity index (χ4n) is 1.72. The van der Waals surface area contributed by atoms with Crippen molar-refractivity contribution in [3.63, 3.8) is 0 Å². The van der Waals surface area contributed by atoms with Gasteiger partial charge in [0.25, 0.3) is 0 Å². The molecule has 1 aromatic heterocycles. The second-order valence-electron chi connectivity index (χ2n) is 5.17. The molecule has 7 heteroatoms. The molecule has 112 valence electrons. The molecule has 0 aliphatic heterocycles. The van der Waals surface area contributed by atoms with Crippen molar-refractivity contribution in [2.24, 2.45) is 5.92 Å². The van der Waals surface area contributed by atoms with Crippen LogP contribution in [0.5, 0.6) is 0 Å². The van der Waals surface area contributed by atoms with Gasteiger partial charge in [-0.3, -0.25) is 0 Å². The summed E-state index contributed by atoms with van der Waals surface area (Å²) in [6.07, 6.45) is 2.14. The lowest BCUT2D eigenvalue weighted by atomic mass is 10.0. The zero-order chi connectivity index (χ0) is 15.3. The van der Waals surface area contributed by atoms with Crippen LogP contribution in [0.3, 0.4) is 0 Å². The number of carboxylic acid groups (broad SMARTS) is 1. The Hall–Kier alpha value is -1.63. The van der Waals surface area contributed by atoms with E-state index in [1.165, 1.54) is 11.3 Å². The summed E-state index contributed by atoms with van der Waals surface area (Å²) in [4.78, 5) is 28.2. The Labute approximate surface area is 122 Å². The molecule has 1 rings (SSSR count). The van der Waals surface area contributed by atoms with Crippen LogP contribution >= 0.6 is 11.3 Å². The van der Waals surface area contributed by atoms with Gasteiger partial charge in [-0.2, -0.15) is 0 Å². The van der Waals surface area contributed by atoms with E-state index in [0.717, 1.165) is 9.88 Å². The number of nitrogens with zero attached hydrogens (tertiary/aromatic N) is 1. The summed E-state index contributed by atoms with van der Waals surface area (Å²) in [6.45, 7) is 7.58. The van der Waals surface area contributed by atoms with Gasteiger partial charge in [0.1, 0.15) is 11.0 Å². The highest BCUT2D eigenvalue weighted by atomic mass is 32.1. The molecular weight excluding hydrogens is 278 g/mol. The van der Waals surface area contributed by atoms with E-state index < -0.39 is 18.0 Å². The summed E-state index contributed by atoms with van der Waals surface area (Å²) in [6, 6.07) is -1.61. The number of aryl methyl sites for hydroxylation is 1. The van der Waals surface area contributed by atoms with E-state index in [4.69, 9.17) is 5.11 Å². The second-order valence-corrected chi connectivity index (χ2v) is 6.44. The quantitative estimate of drug-likeness (QED) is 0.751. The van der Waals surface area contributed by atoms with Crippen molar-refractivity contribution in [1.29, 1.82) is 0 Å². The summed E-state index contributed by atoms with van der Waals surface area (Å²) in [5.41, 5.74) is 0. The third-order valence-electron chi connectivity index (χ3n) is 2.67. The van der Waals surface area contributed by atoms with Crippen molar-refractivity contribution in [2.75, 3.05) is 0 Å². The van der Waals surface area contributed by atoms with Gasteiger partial charge in [0.2, 0.25) is 0 Å². The minimum atomic E-state index is -1.02. The first-order valence-corrected chi connectivity index (χ1v) is 7.33. The number of rotatable bonds is 6. The van der Waals surface area contributed by atoms with Crippen molar-refractivity contribution < 1.29 is 14.7 Å². The van der Waals surface area contributed by atoms with Crippen molar-refractivity contribution in [3.05, 3.63) is 16.1 Å². The number of hydrogen-bond donors (Lipinski definition) is 3. The topological polar surface area (TPSA) is 91.3 Å². The molecule has 2 atom stereocenters. The van der Waals surface area contributed by atoms with Crippen LogP contribution in [0, 0.1) is 12.8 Å². The maximum atomic E-state index is 11.8. The number of carbonyl (C=O) groups excluding carboxylic acids is 1. The summed E-state index contributed by atoms with van der Waals surface area (Å²) in [5.74, 6) is -0.831. The van der Waals surface area contributed by atoms with Crippen LogP contribution < -0.4 is 10.6 Å². The average Bonchev–Trinajstić information content (AvgIpc) is 2.74. The molecule has 1 aromatic rings. The van der Waals surface area contributed by atoms with E-state index in [9.17, 15) is 9.59 Å². The van der Waals surface area contributed by atoms with Gasteiger partial charge >= 0.3 is 12.0 Å². The molecule has 0 bridgehead atoms. The molecule has 0 aliphatic rings. The van der Waals surface area contributed by atoms with Crippen LogP contribution in [-0.2, 0) is 4.79 Å². The number of hydrogen-bond acceptors (Lipinski definition) is 4. The van der Waals surface area contributed by atoms with E-state index in [-0.39, 0.29) is 12.0 Å². The molecule has 0 radical (unpaired) electrons. The Kier molecular flexibility index (Phi) is 5.94.